The highest BCUT2D eigenvalue weighted by Crippen LogP contribution is 2.22. The van der Waals surface area contributed by atoms with E-state index in [1.165, 1.54) is 5.56 Å². The molecule has 3 heterocycles. The van der Waals surface area contributed by atoms with E-state index in [2.05, 4.69) is 43.2 Å². The van der Waals surface area contributed by atoms with Crippen LogP contribution in [0, 0.1) is 6.92 Å². The Kier molecular flexibility index (Phi) is 3.40. The van der Waals surface area contributed by atoms with Gasteiger partial charge < -0.3 is 5.32 Å². The molecule has 0 saturated carbocycles. The molecular formula is C14H14BrN5. The van der Waals surface area contributed by atoms with E-state index in [1.807, 2.05) is 30.1 Å². The monoisotopic (exact) mass is 331 g/mol. The van der Waals surface area contributed by atoms with E-state index in [4.69, 9.17) is 0 Å². The first-order valence-electron chi connectivity index (χ1n) is 6.27. The van der Waals surface area contributed by atoms with Crippen molar-refractivity contribution in [1.82, 2.24) is 19.7 Å². The number of fused-ring (bicyclic) bond motifs is 1. The molecule has 3 rings (SSSR count). The van der Waals surface area contributed by atoms with Crippen LogP contribution in [0.15, 0.2) is 35.2 Å². The van der Waals surface area contributed by atoms with Crippen LogP contribution < -0.4 is 5.32 Å². The number of hydrogen-bond acceptors (Lipinski definition) is 4. The molecule has 20 heavy (non-hydrogen) atoms. The quantitative estimate of drug-likeness (QED) is 0.801. The predicted molar refractivity (Wildman–Crippen MR) is 82.5 cm³/mol. The lowest BCUT2D eigenvalue weighted by Gasteiger charge is -2.08. The molecule has 3 aromatic heterocycles. The lowest BCUT2D eigenvalue weighted by Crippen LogP contribution is -2.02. The van der Waals surface area contributed by atoms with Crippen LogP contribution in [0.3, 0.4) is 0 Å². The molecule has 6 heteroatoms. The number of anilines is 1. The highest BCUT2D eigenvalue weighted by atomic mass is 79.9. The third kappa shape index (κ3) is 2.38. The van der Waals surface area contributed by atoms with Gasteiger partial charge >= 0.3 is 0 Å². The molecule has 0 radical (unpaired) electrons. The Balaban J connectivity index is 1.89. The van der Waals surface area contributed by atoms with Crippen molar-refractivity contribution >= 4 is 32.7 Å². The summed E-state index contributed by atoms with van der Waals surface area (Å²) in [5, 5.41) is 7.65. The van der Waals surface area contributed by atoms with Crippen LogP contribution in [0.2, 0.25) is 0 Å². The van der Waals surface area contributed by atoms with E-state index in [9.17, 15) is 0 Å². The highest BCUT2D eigenvalue weighted by molar-refractivity contribution is 9.10. The van der Waals surface area contributed by atoms with E-state index in [0.717, 1.165) is 33.4 Å². The molecule has 0 spiro atoms. The van der Waals surface area contributed by atoms with Gasteiger partial charge in [0.25, 0.3) is 0 Å². The van der Waals surface area contributed by atoms with Gasteiger partial charge in [-0.05, 0) is 35.0 Å². The molecule has 0 fully saturated rings. The number of nitrogens with one attached hydrogen (secondary N) is 1. The Labute approximate surface area is 125 Å². The fraction of sp³-hybridized carbons (Fsp3) is 0.214. The molecule has 0 aromatic carbocycles. The predicted octanol–water partition coefficient (Wildman–Crippen LogP) is 3.05. The Bertz CT molecular complexity index is 765. The van der Waals surface area contributed by atoms with Gasteiger partial charge in [-0.25, -0.2) is 0 Å². The van der Waals surface area contributed by atoms with Crippen LogP contribution in [0.5, 0.6) is 0 Å². The molecule has 1 N–H and O–H groups in total. The summed E-state index contributed by atoms with van der Waals surface area (Å²) < 4.78 is 2.80. The zero-order valence-electron chi connectivity index (χ0n) is 11.3. The Morgan fingerprint density at radius 1 is 1.30 bits per heavy atom. The van der Waals surface area contributed by atoms with E-state index < -0.39 is 0 Å². The van der Waals surface area contributed by atoms with Gasteiger partial charge in [0.2, 0.25) is 0 Å². The third-order valence-corrected chi connectivity index (χ3v) is 3.78. The lowest BCUT2D eigenvalue weighted by atomic mass is 10.2. The maximum atomic E-state index is 4.43. The summed E-state index contributed by atoms with van der Waals surface area (Å²) in [5.74, 6) is 0. The smallest absolute Gasteiger partial charge is 0.112 e. The van der Waals surface area contributed by atoms with E-state index >= 15 is 0 Å². The molecule has 0 bridgehead atoms. The summed E-state index contributed by atoms with van der Waals surface area (Å²) in [5.41, 5.74) is 5.05. The molecule has 0 aliphatic carbocycles. The van der Waals surface area contributed by atoms with Crippen LogP contribution in [0.1, 0.15) is 11.3 Å². The van der Waals surface area contributed by atoms with Crippen LogP contribution in [0.4, 0.5) is 5.69 Å². The van der Waals surface area contributed by atoms with Gasteiger partial charge in [0.15, 0.2) is 0 Å². The molecule has 0 unspecified atom stereocenters. The van der Waals surface area contributed by atoms with Crippen LogP contribution in [-0.4, -0.2) is 19.7 Å². The number of hydrogen-bond donors (Lipinski definition) is 1. The van der Waals surface area contributed by atoms with E-state index in [-0.39, 0.29) is 0 Å². The summed E-state index contributed by atoms with van der Waals surface area (Å²) in [4.78, 5) is 8.76. The minimum atomic E-state index is 0.719. The van der Waals surface area contributed by atoms with E-state index in [0.29, 0.717) is 0 Å². The molecule has 0 aliphatic heterocycles. The third-order valence-electron chi connectivity index (χ3n) is 3.35. The SMILES string of the molecule is Cc1c(CNc2ccnc3cc(Br)cnc23)cnn1C. The fourth-order valence-electron chi connectivity index (χ4n) is 2.06. The number of nitrogens with zero attached hydrogens (tertiary/aromatic N) is 4. The van der Waals surface area contributed by atoms with Crippen LogP contribution in [0.25, 0.3) is 11.0 Å². The van der Waals surface area contributed by atoms with Crippen LogP contribution >= 0.6 is 15.9 Å². The molecule has 0 atom stereocenters. The summed E-state index contributed by atoms with van der Waals surface area (Å²) in [7, 11) is 1.94. The molecular weight excluding hydrogens is 318 g/mol. The maximum absolute atomic E-state index is 4.43. The average molecular weight is 332 g/mol. The minimum absolute atomic E-state index is 0.719. The van der Waals surface area contributed by atoms with Crippen molar-refractivity contribution in [1.29, 1.82) is 0 Å². The van der Waals surface area contributed by atoms with Gasteiger partial charge in [-0.1, -0.05) is 0 Å². The second-order valence-corrected chi connectivity index (χ2v) is 5.53. The van der Waals surface area contributed by atoms with Gasteiger partial charge in [0, 0.05) is 41.7 Å². The first-order chi connectivity index (χ1) is 9.65. The average Bonchev–Trinajstić information content (AvgIpc) is 2.76. The number of pyridine rings is 2. The first kappa shape index (κ1) is 13.1. The second-order valence-electron chi connectivity index (χ2n) is 4.61. The topological polar surface area (TPSA) is 55.6 Å². The van der Waals surface area contributed by atoms with Crippen molar-refractivity contribution in [3.8, 4) is 0 Å². The number of aryl methyl sites for hydroxylation is 1. The lowest BCUT2D eigenvalue weighted by molar-refractivity contribution is 0.738. The molecule has 5 nitrogen and oxygen atoms in total. The second kappa shape index (κ2) is 5.20. The van der Waals surface area contributed by atoms with Gasteiger partial charge in [0.1, 0.15) is 5.52 Å². The summed E-state index contributed by atoms with van der Waals surface area (Å²) in [6.45, 7) is 2.78. The first-order valence-corrected chi connectivity index (χ1v) is 7.06. The molecule has 0 amide bonds. The van der Waals surface area contributed by atoms with Crippen molar-refractivity contribution in [2.24, 2.45) is 7.05 Å². The Hall–Kier alpha value is -1.95. The van der Waals surface area contributed by atoms with Gasteiger partial charge in [0.05, 0.1) is 17.4 Å². The van der Waals surface area contributed by atoms with Crippen molar-refractivity contribution < 1.29 is 0 Å². The zero-order valence-corrected chi connectivity index (χ0v) is 12.8. The number of aromatic nitrogens is 4. The highest BCUT2D eigenvalue weighted by Gasteiger charge is 2.06. The molecule has 3 aromatic rings. The molecule has 0 saturated heterocycles. The standard InChI is InChI=1S/C14H14BrN5/c1-9-10(7-19-20(9)2)6-17-12-3-4-16-13-5-11(15)8-18-14(12)13/h3-5,7-8H,6H2,1-2H3,(H,16,17). The van der Waals surface area contributed by atoms with E-state index in [1.54, 1.807) is 12.4 Å². The Morgan fingerprint density at radius 3 is 2.90 bits per heavy atom. The summed E-state index contributed by atoms with van der Waals surface area (Å²) in [6.07, 6.45) is 5.45. The zero-order chi connectivity index (χ0) is 14.1. The molecule has 0 aliphatic rings. The Morgan fingerprint density at radius 2 is 2.15 bits per heavy atom. The number of halogens is 1. The normalized spacial score (nSPS) is 10.9. The van der Waals surface area contributed by atoms with Gasteiger partial charge in [-0.2, -0.15) is 5.10 Å². The number of rotatable bonds is 3. The summed E-state index contributed by atoms with van der Waals surface area (Å²) in [6, 6.07) is 3.90. The van der Waals surface area contributed by atoms with Crippen molar-refractivity contribution in [3.05, 3.63) is 46.5 Å². The minimum Gasteiger partial charge on any atom is -0.379 e. The maximum Gasteiger partial charge on any atom is 0.112 e. The summed E-state index contributed by atoms with van der Waals surface area (Å²) >= 11 is 3.41. The van der Waals surface area contributed by atoms with Gasteiger partial charge in [-0.15, -0.1) is 0 Å². The van der Waals surface area contributed by atoms with Crippen molar-refractivity contribution in [2.75, 3.05) is 5.32 Å². The van der Waals surface area contributed by atoms with Gasteiger partial charge in [-0.3, -0.25) is 14.6 Å². The van der Waals surface area contributed by atoms with Crippen molar-refractivity contribution in [2.45, 2.75) is 13.5 Å². The largest absolute Gasteiger partial charge is 0.379 e. The molecule has 102 valence electrons. The van der Waals surface area contributed by atoms with Crippen molar-refractivity contribution in [3.63, 3.8) is 0 Å². The van der Waals surface area contributed by atoms with Crippen LogP contribution in [-0.2, 0) is 13.6 Å². The fourth-order valence-corrected chi connectivity index (χ4v) is 2.38.